The van der Waals surface area contributed by atoms with Crippen molar-refractivity contribution in [1.29, 1.82) is 0 Å². The second kappa shape index (κ2) is 7.34. The van der Waals surface area contributed by atoms with E-state index in [9.17, 15) is 0 Å². The molecule has 2 rings (SSSR count). The SMILES string of the molecule is C#C[C@H]1[C@H](C)[C@@H]1/C=C/[C@@H](C)/C=C(\C)[C@H]1CC=C(C)[C@@H](CC)O1. The van der Waals surface area contributed by atoms with Crippen LogP contribution in [0.3, 0.4) is 0 Å². The third-order valence-corrected chi connectivity index (χ3v) is 5.17. The third-order valence-electron chi connectivity index (χ3n) is 5.17. The largest absolute Gasteiger partial charge is 0.366 e. The molecule has 1 aliphatic carbocycles. The molecule has 0 amide bonds. The normalized spacial score (nSPS) is 36.8. The van der Waals surface area contributed by atoms with Gasteiger partial charge in [0.2, 0.25) is 0 Å². The van der Waals surface area contributed by atoms with Crippen LogP contribution in [0.15, 0.2) is 35.5 Å². The van der Waals surface area contributed by atoms with E-state index in [0.717, 1.165) is 12.8 Å². The molecule has 6 atom stereocenters. The van der Waals surface area contributed by atoms with Crippen molar-refractivity contribution >= 4 is 0 Å². The highest BCUT2D eigenvalue weighted by molar-refractivity contribution is 5.21. The first-order valence-corrected chi connectivity index (χ1v) is 8.62. The molecule has 1 aliphatic heterocycles. The summed E-state index contributed by atoms with van der Waals surface area (Å²) in [7, 11) is 0. The van der Waals surface area contributed by atoms with Crippen LogP contribution in [0.1, 0.15) is 47.5 Å². The minimum Gasteiger partial charge on any atom is -0.366 e. The van der Waals surface area contributed by atoms with E-state index in [1.165, 1.54) is 11.1 Å². The Hall–Kier alpha value is -1.26. The van der Waals surface area contributed by atoms with Gasteiger partial charge in [-0.1, -0.05) is 45.1 Å². The molecule has 0 spiro atoms. The van der Waals surface area contributed by atoms with Crippen LogP contribution in [0.25, 0.3) is 0 Å². The highest BCUT2D eigenvalue weighted by atomic mass is 16.5. The van der Waals surface area contributed by atoms with Gasteiger partial charge in [0.15, 0.2) is 0 Å². The fraction of sp³-hybridized carbons (Fsp3) is 0.619. The number of allylic oxidation sites excluding steroid dienone is 3. The first-order valence-electron chi connectivity index (χ1n) is 8.62. The summed E-state index contributed by atoms with van der Waals surface area (Å²) < 4.78 is 6.21. The van der Waals surface area contributed by atoms with Crippen molar-refractivity contribution in [3.8, 4) is 12.3 Å². The summed E-state index contributed by atoms with van der Waals surface area (Å²) in [6.07, 6.45) is 17.4. The predicted octanol–water partition coefficient (Wildman–Crippen LogP) is 5.15. The topological polar surface area (TPSA) is 9.23 Å². The van der Waals surface area contributed by atoms with Crippen LogP contribution in [0.2, 0.25) is 0 Å². The van der Waals surface area contributed by atoms with Gasteiger partial charge in [-0.05, 0) is 55.6 Å². The van der Waals surface area contributed by atoms with Gasteiger partial charge in [-0.15, -0.1) is 12.3 Å². The molecule has 0 N–H and O–H groups in total. The Balaban J connectivity index is 1.92. The molecule has 120 valence electrons. The second-order valence-corrected chi connectivity index (χ2v) is 6.99. The maximum Gasteiger partial charge on any atom is 0.0825 e. The van der Waals surface area contributed by atoms with Crippen molar-refractivity contribution in [1.82, 2.24) is 0 Å². The fourth-order valence-electron chi connectivity index (χ4n) is 3.43. The number of terminal acetylenes is 1. The van der Waals surface area contributed by atoms with Gasteiger partial charge in [-0.25, -0.2) is 0 Å². The smallest absolute Gasteiger partial charge is 0.0825 e. The van der Waals surface area contributed by atoms with Crippen LogP contribution in [0.5, 0.6) is 0 Å². The molecule has 1 heterocycles. The molecular weight excluding hydrogens is 268 g/mol. The molecule has 0 radical (unpaired) electrons. The van der Waals surface area contributed by atoms with E-state index in [1.54, 1.807) is 0 Å². The van der Waals surface area contributed by atoms with Crippen molar-refractivity contribution in [2.45, 2.75) is 59.7 Å². The van der Waals surface area contributed by atoms with Crippen LogP contribution in [0.4, 0.5) is 0 Å². The summed E-state index contributed by atoms with van der Waals surface area (Å²) in [6, 6.07) is 0. The Labute approximate surface area is 136 Å². The van der Waals surface area contributed by atoms with Gasteiger partial charge in [0.25, 0.3) is 0 Å². The molecule has 1 heteroatoms. The average molecular weight is 298 g/mol. The van der Waals surface area contributed by atoms with Crippen LogP contribution in [-0.2, 0) is 4.74 Å². The van der Waals surface area contributed by atoms with Crippen molar-refractivity contribution in [2.75, 3.05) is 0 Å². The zero-order chi connectivity index (χ0) is 16.3. The van der Waals surface area contributed by atoms with Gasteiger partial charge >= 0.3 is 0 Å². The molecule has 0 aromatic heterocycles. The number of ether oxygens (including phenoxy) is 1. The van der Waals surface area contributed by atoms with Crippen molar-refractivity contribution < 1.29 is 4.74 Å². The highest BCUT2D eigenvalue weighted by Gasteiger charge is 2.43. The fourth-order valence-corrected chi connectivity index (χ4v) is 3.43. The Morgan fingerprint density at radius 1 is 1.55 bits per heavy atom. The molecule has 0 aromatic carbocycles. The summed E-state index contributed by atoms with van der Waals surface area (Å²) >= 11 is 0. The lowest BCUT2D eigenvalue weighted by Crippen LogP contribution is -2.27. The van der Waals surface area contributed by atoms with E-state index in [-0.39, 0.29) is 12.2 Å². The summed E-state index contributed by atoms with van der Waals surface area (Å²) in [5, 5.41) is 0. The summed E-state index contributed by atoms with van der Waals surface area (Å²) in [6.45, 7) is 11.0. The molecule has 0 aromatic rings. The first kappa shape index (κ1) is 17.1. The van der Waals surface area contributed by atoms with E-state index in [0.29, 0.717) is 23.7 Å². The average Bonchev–Trinajstić information content (AvgIpc) is 3.14. The van der Waals surface area contributed by atoms with Gasteiger partial charge in [0.05, 0.1) is 12.2 Å². The van der Waals surface area contributed by atoms with Crippen molar-refractivity contribution in [2.24, 2.45) is 23.7 Å². The van der Waals surface area contributed by atoms with Gasteiger partial charge in [0, 0.05) is 5.92 Å². The molecule has 1 nitrogen and oxygen atoms in total. The van der Waals surface area contributed by atoms with E-state index >= 15 is 0 Å². The predicted molar refractivity (Wildman–Crippen MR) is 94.4 cm³/mol. The Morgan fingerprint density at radius 2 is 2.27 bits per heavy atom. The quantitative estimate of drug-likeness (QED) is 0.503. The summed E-state index contributed by atoms with van der Waals surface area (Å²) in [5.74, 6) is 5.00. The molecule has 2 aliphatic rings. The molecule has 22 heavy (non-hydrogen) atoms. The maximum atomic E-state index is 6.21. The summed E-state index contributed by atoms with van der Waals surface area (Å²) in [5.41, 5.74) is 2.72. The van der Waals surface area contributed by atoms with Crippen LogP contribution < -0.4 is 0 Å². The Bertz CT molecular complexity index is 517. The number of hydrogen-bond acceptors (Lipinski definition) is 1. The lowest BCUT2D eigenvalue weighted by Gasteiger charge is -2.29. The molecule has 0 saturated heterocycles. The van der Waals surface area contributed by atoms with Crippen molar-refractivity contribution in [3.05, 3.63) is 35.5 Å². The molecular formula is C21H30O. The lowest BCUT2D eigenvalue weighted by atomic mass is 9.96. The molecule has 0 unspecified atom stereocenters. The van der Waals surface area contributed by atoms with E-state index < -0.39 is 0 Å². The highest BCUT2D eigenvalue weighted by Crippen LogP contribution is 2.46. The zero-order valence-corrected chi connectivity index (χ0v) is 14.7. The minimum absolute atomic E-state index is 0.239. The first-order chi connectivity index (χ1) is 10.5. The van der Waals surface area contributed by atoms with Gasteiger partial charge < -0.3 is 4.74 Å². The second-order valence-electron chi connectivity index (χ2n) is 6.99. The van der Waals surface area contributed by atoms with Crippen molar-refractivity contribution in [3.63, 3.8) is 0 Å². The lowest BCUT2D eigenvalue weighted by molar-refractivity contribution is 0.0178. The van der Waals surface area contributed by atoms with E-state index in [1.807, 2.05) is 0 Å². The minimum atomic E-state index is 0.239. The monoisotopic (exact) mass is 298 g/mol. The van der Waals surface area contributed by atoms with Gasteiger partial charge in [-0.3, -0.25) is 0 Å². The zero-order valence-electron chi connectivity index (χ0n) is 14.7. The van der Waals surface area contributed by atoms with Gasteiger partial charge in [0.1, 0.15) is 0 Å². The Morgan fingerprint density at radius 3 is 2.86 bits per heavy atom. The molecule has 1 saturated carbocycles. The van der Waals surface area contributed by atoms with Crippen LogP contribution in [-0.4, -0.2) is 12.2 Å². The molecule has 0 bridgehead atoms. The third kappa shape index (κ3) is 3.93. The Kier molecular flexibility index (Phi) is 5.70. The number of hydrogen-bond donors (Lipinski definition) is 0. The van der Waals surface area contributed by atoms with Crippen LogP contribution in [0, 0.1) is 36.0 Å². The standard InChI is InChI=1S/C21H30O/c1-7-18-17(6)19(18)11-9-14(3)13-16(5)21-12-10-15(4)20(8-2)22-21/h1,9-11,13-14,17-21H,8,12H2,2-6H3/b11-9+,16-13+/t14-,17+,18+,19+,20-,21-/m1/s1. The van der Waals surface area contributed by atoms with E-state index in [4.69, 9.17) is 11.2 Å². The summed E-state index contributed by atoms with van der Waals surface area (Å²) in [4.78, 5) is 0. The number of rotatable bonds is 5. The van der Waals surface area contributed by atoms with Gasteiger partial charge in [-0.2, -0.15) is 0 Å². The van der Waals surface area contributed by atoms with Crippen LogP contribution >= 0.6 is 0 Å². The van der Waals surface area contributed by atoms with E-state index in [2.05, 4.69) is 64.8 Å². The molecule has 1 fully saturated rings. The maximum absolute atomic E-state index is 6.21.